The lowest BCUT2D eigenvalue weighted by Gasteiger charge is -2.25. The molecule has 0 heterocycles. The van der Waals surface area contributed by atoms with Crippen molar-refractivity contribution in [2.75, 3.05) is 11.9 Å². The van der Waals surface area contributed by atoms with Gasteiger partial charge in [-0.25, -0.2) is 0 Å². The van der Waals surface area contributed by atoms with Crippen LogP contribution in [0.15, 0.2) is 29.4 Å². The Morgan fingerprint density at radius 3 is 2.67 bits per heavy atom. The highest BCUT2D eigenvalue weighted by molar-refractivity contribution is 6.06. The van der Waals surface area contributed by atoms with E-state index in [4.69, 9.17) is 10.9 Å². The summed E-state index contributed by atoms with van der Waals surface area (Å²) in [5.41, 5.74) is 6.92. The maximum absolute atomic E-state index is 12.5. The molecule has 0 bridgehead atoms. The summed E-state index contributed by atoms with van der Waals surface area (Å²) in [5, 5.41) is 11.9. The summed E-state index contributed by atoms with van der Waals surface area (Å²) in [6, 6.07) is 7.20. The number of benzene rings is 1. The first kappa shape index (κ1) is 15.4. The summed E-state index contributed by atoms with van der Waals surface area (Å²) in [5.74, 6) is 0.590. The first-order valence-corrected chi connectivity index (χ1v) is 7.47. The number of oxime groups is 1. The van der Waals surface area contributed by atoms with Gasteiger partial charge in [-0.3, -0.25) is 4.79 Å². The standard InChI is InChI=1S/C16H23N3O2/c1-19(15(20)11-12-7-3-2-4-8-12)14-10-6-5-9-13(14)16(17)18-21/h5-6,9-10,12,21H,2-4,7-8,11H2,1H3,(H2,17,18). The number of hydrogen-bond acceptors (Lipinski definition) is 3. The maximum Gasteiger partial charge on any atom is 0.227 e. The Kier molecular flexibility index (Phi) is 5.20. The fourth-order valence-corrected chi connectivity index (χ4v) is 2.95. The van der Waals surface area contributed by atoms with E-state index in [1.807, 2.05) is 12.1 Å². The molecule has 1 saturated carbocycles. The van der Waals surface area contributed by atoms with Gasteiger partial charge in [0, 0.05) is 19.0 Å². The Morgan fingerprint density at radius 1 is 1.33 bits per heavy atom. The third-order valence-electron chi connectivity index (χ3n) is 4.21. The summed E-state index contributed by atoms with van der Waals surface area (Å²) in [6.45, 7) is 0. The van der Waals surface area contributed by atoms with Crippen LogP contribution in [0.5, 0.6) is 0 Å². The van der Waals surface area contributed by atoms with Crippen molar-refractivity contribution >= 4 is 17.4 Å². The minimum absolute atomic E-state index is 0.0166. The van der Waals surface area contributed by atoms with Crippen LogP contribution in [0.2, 0.25) is 0 Å². The van der Waals surface area contributed by atoms with Gasteiger partial charge in [0.2, 0.25) is 5.91 Å². The molecule has 21 heavy (non-hydrogen) atoms. The van der Waals surface area contributed by atoms with Crippen molar-refractivity contribution in [1.82, 2.24) is 0 Å². The molecule has 0 radical (unpaired) electrons. The average molecular weight is 289 g/mol. The zero-order chi connectivity index (χ0) is 15.2. The zero-order valence-corrected chi connectivity index (χ0v) is 12.5. The van der Waals surface area contributed by atoms with Crippen LogP contribution >= 0.6 is 0 Å². The molecular formula is C16H23N3O2. The zero-order valence-electron chi connectivity index (χ0n) is 12.5. The largest absolute Gasteiger partial charge is 0.409 e. The molecule has 5 nitrogen and oxygen atoms in total. The number of para-hydroxylation sites is 1. The van der Waals surface area contributed by atoms with Crippen molar-refractivity contribution in [3.05, 3.63) is 29.8 Å². The molecular weight excluding hydrogens is 266 g/mol. The van der Waals surface area contributed by atoms with Crippen LogP contribution in [-0.4, -0.2) is 24.0 Å². The molecule has 0 aromatic heterocycles. The number of amidine groups is 1. The second-order valence-electron chi connectivity index (χ2n) is 5.66. The summed E-state index contributed by atoms with van der Waals surface area (Å²) < 4.78 is 0. The van der Waals surface area contributed by atoms with Gasteiger partial charge in [-0.15, -0.1) is 0 Å². The van der Waals surface area contributed by atoms with E-state index in [9.17, 15) is 4.79 Å². The SMILES string of the molecule is CN(C(=O)CC1CCCCC1)c1ccccc1/C(N)=N/O. The molecule has 3 N–H and O–H groups in total. The van der Waals surface area contributed by atoms with Crippen molar-refractivity contribution in [3.63, 3.8) is 0 Å². The van der Waals surface area contributed by atoms with Crippen molar-refractivity contribution < 1.29 is 10.0 Å². The Bertz CT molecular complexity index is 522. The lowest BCUT2D eigenvalue weighted by Crippen LogP contribution is -2.31. The van der Waals surface area contributed by atoms with E-state index in [-0.39, 0.29) is 11.7 Å². The van der Waals surface area contributed by atoms with Gasteiger partial charge >= 0.3 is 0 Å². The van der Waals surface area contributed by atoms with E-state index >= 15 is 0 Å². The predicted molar refractivity (Wildman–Crippen MR) is 83.6 cm³/mol. The van der Waals surface area contributed by atoms with Gasteiger partial charge in [-0.05, 0) is 30.9 Å². The van der Waals surface area contributed by atoms with Gasteiger partial charge < -0.3 is 15.8 Å². The first-order chi connectivity index (χ1) is 10.1. The summed E-state index contributed by atoms with van der Waals surface area (Å²) in [4.78, 5) is 14.1. The molecule has 0 aliphatic heterocycles. The van der Waals surface area contributed by atoms with E-state index < -0.39 is 0 Å². The molecule has 0 atom stereocenters. The fourth-order valence-electron chi connectivity index (χ4n) is 2.95. The number of amides is 1. The average Bonchev–Trinajstić information content (AvgIpc) is 2.54. The molecule has 1 aromatic carbocycles. The quantitative estimate of drug-likeness (QED) is 0.387. The van der Waals surface area contributed by atoms with Gasteiger partial charge in [0.25, 0.3) is 0 Å². The molecule has 1 aromatic rings. The lowest BCUT2D eigenvalue weighted by atomic mass is 9.86. The maximum atomic E-state index is 12.5. The predicted octanol–water partition coefficient (Wildman–Crippen LogP) is 2.71. The smallest absolute Gasteiger partial charge is 0.227 e. The van der Waals surface area contributed by atoms with Crippen LogP contribution in [0.3, 0.4) is 0 Å². The van der Waals surface area contributed by atoms with Crippen molar-refractivity contribution in [3.8, 4) is 0 Å². The van der Waals surface area contributed by atoms with E-state index in [1.165, 1.54) is 19.3 Å². The minimum atomic E-state index is 0.0166. The number of nitrogens with two attached hydrogens (primary N) is 1. The highest BCUT2D eigenvalue weighted by atomic mass is 16.4. The molecule has 0 saturated heterocycles. The third-order valence-corrected chi connectivity index (χ3v) is 4.21. The van der Waals surface area contributed by atoms with E-state index in [1.54, 1.807) is 24.1 Å². The number of nitrogens with zero attached hydrogens (tertiary/aromatic N) is 2. The van der Waals surface area contributed by atoms with Gasteiger partial charge in [0.1, 0.15) is 0 Å². The molecule has 1 aliphatic rings. The van der Waals surface area contributed by atoms with Crippen LogP contribution < -0.4 is 10.6 Å². The van der Waals surface area contributed by atoms with E-state index in [0.717, 1.165) is 12.8 Å². The molecule has 0 unspecified atom stereocenters. The Labute approximate surface area is 125 Å². The van der Waals surface area contributed by atoms with Gasteiger partial charge in [-0.2, -0.15) is 0 Å². The van der Waals surface area contributed by atoms with Crippen LogP contribution in [0.1, 0.15) is 44.1 Å². The fraction of sp³-hybridized carbons (Fsp3) is 0.500. The van der Waals surface area contributed by atoms with Crippen molar-refractivity contribution in [2.24, 2.45) is 16.8 Å². The summed E-state index contributed by atoms with van der Waals surface area (Å²) in [7, 11) is 1.74. The molecule has 1 amide bonds. The summed E-state index contributed by atoms with van der Waals surface area (Å²) >= 11 is 0. The Hall–Kier alpha value is -2.04. The molecule has 2 rings (SSSR count). The van der Waals surface area contributed by atoms with Crippen molar-refractivity contribution in [1.29, 1.82) is 0 Å². The molecule has 1 fully saturated rings. The summed E-state index contributed by atoms with van der Waals surface area (Å²) in [6.07, 6.45) is 6.58. The van der Waals surface area contributed by atoms with Gasteiger partial charge in [0.05, 0.1) is 5.69 Å². The topological polar surface area (TPSA) is 78.9 Å². The minimum Gasteiger partial charge on any atom is -0.409 e. The number of carbonyl (C=O) groups excluding carboxylic acids is 1. The lowest BCUT2D eigenvalue weighted by molar-refractivity contribution is -0.119. The molecule has 1 aliphatic carbocycles. The van der Waals surface area contributed by atoms with Crippen LogP contribution in [0.25, 0.3) is 0 Å². The molecule has 5 heteroatoms. The Balaban J connectivity index is 2.11. The van der Waals surface area contributed by atoms with Crippen LogP contribution in [0, 0.1) is 5.92 Å². The number of anilines is 1. The first-order valence-electron chi connectivity index (χ1n) is 7.47. The number of carbonyl (C=O) groups is 1. The third kappa shape index (κ3) is 3.74. The number of hydrogen-bond donors (Lipinski definition) is 2. The second-order valence-corrected chi connectivity index (χ2v) is 5.66. The monoisotopic (exact) mass is 289 g/mol. The van der Waals surface area contributed by atoms with Gasteiger partial charge in [-0.1, -0.05) is 36.6 Å². The molecule has 114 valence electrons. The molecule has 0 spiro atoms. The van der Waals surface area contributed by atoms with Crippen molar-refractivity contribution in [2.45, 2.75) is 38.5 Å². The van der Waals surface area contributed by atoms with E-state index in [0.29, 0.717) is 23.6 Å². The normalized spacial score (nSPS) is 16.7. The second kappa shape index (κ2) is 7.11. The van der Waals surface area contributed by atoms with Gasteiger partial charge in [0.15, 0.2) is 5.84 Å². The number of rotatable bonds is 4. The van der Waals surface area contributed by atoms with Crippen LogP contribution in [0.4, 0.5) is 5.69 Å². The van der Waals surface area contributed by atoms with Crippen LogP contribution in [-0.2, 0) is 4.79 Å². The highest BCUT2D eigenvalue weighted by Crippen LogP contribution is 2.28. The highest BCUT2D eigenvalue weighted by Gasteiger charge is 2.21. The van der Waals surface area contributed by atoms with E-state index in [2.05, 4.69) is 5.16 Å². The Morgan fingerprint density at radius 2 is 2.00 bits per heavy atom.